The van der Waals surface area contributed by atoms with Crippen LogP contribution in [0.15, 0.2) is 12.7 Å². The molecule has 0 radical (unpaired) electrons. The molecule has 3 fully saturated rings. The number of fused-ring (bicyclic) bond motifs is 4. The molecule has 0 heterocycles. The molecular formula is C14H22. The number of hydrogen-bond acceptors (Lipinski definition) is 0. The Labute approximate surface area is 87.8 Å². The van der Waals surface area contributed by atoms with Crippen LogP contribution in [0.1, 0.15) is 44.9 Å². The van der Waals surface area contributed by atoms with Gasteiger partial charge < -0.3 is 0 Å². The molecule has 0 aliphatic heterocycles. The average molecular weight is 190 g/mol. The van der Waals surface area contributed by atoms with E-state index in [2.05, 4.69) is 12.7 Å². The maximum absolute atomic E-state index is 3.98. The Morgan fingerprint density at radius 2 is 1.57 bits per heavy atom. The van der Waals surface area contributed by atoms with E-state index in [1.165, 1.54) is 19.3 Å². The van der Waals surface area contributed by atoms with Crippen molar-refractivity contribution in [3.05, 3.63) is 12.7 Å². The molecule has 3 aliphatic rings. The monoisotopic (exact) mass is 190 g/mol. The molecule has 14 heavy (non-hydrogen) atoms. The highest BCUT2D eigenvalue weighted by Crippen LogP contribution is 2.54. The highest BCUT2D eigenvalue weighted by Gasteiger charge is 2.43. The normalized spacial score (nSPS) is 51.3. The summed E-state index contributed by atoms with van der Waals surface area (Å²) in [4.78, 5) is 0. The Morgan fingerprint density at radius 3 is 2.29 bits per heavy atom. The van der Waals surface area contributed by atoms with Crippen LogP contribution in [0.3, 0.4) is 0 Å². The molecular weight excluding hydrogens is 168 g/mol. The zero-order valence-electron chi connectivity index (χ0n) is 9.12. The van der Waals surface area contributed by atoms with Gasteiger partial charge in [-0.25, -0.2) is 0 Å². The van der Waals surface area contributed by atoms with E-state index in [1.54, 1.807) is 25.7 Å². The molecule has 3 aliphatic carbocycles. The lowest BCUT2D eigenvalue weighted by Gasteiger charge is -2.42. The maximum atomic E-state index is 3.98. The van der Waals surface area contributed by atoms with Gasteiger partial charge in [0.2, 0.25) is 0 Å². The van der Waals surface area contributed by atoms with Gasteiger partial charge in [-0.1, -0.05) is 12.5 Å². The van der Waals surface area contributed by atoms with Gasteiger partial charge in [-0.05, 0) is 68.1 Å². The summed E-state index contributed by atoms with van der Waals surface area (Å²) in [6, 6.07) is 0. The van der Waals surface area contributed by atoms with E-state index < -0.39 is 0 Å². The second-order valence-electron chi connectivity index (χ2n) is 5.91. The third-order valence-corrected chi connectivity index (χ3v) is 5.25. The first-order valence-corrected chi connectivity index (χ1v) is 6.49. The first kappa shape index (κ1) is 9.00. The van der Waals surface area contributed by atoms with Crippen molar-refractivity contribution in [2.24, 2.45) is 29.6 Å². The van der Waals surface area contributed by atoms with Crippen molar-refractivity contribution in [3.8, 4) is 0 Å². The van der Waals surface area contributed by atoms with Crippen molar-refractivity contribution >= 4 is 0 Å². The SMILES string of the molecule is C=CC1CCC2CC3CCC(C3)C2C1. The van der Waals surface area contributed by atoms with Crippen molar-refractivity contribution in [1.29, 1.82) is 0 Å². The molecule has 0 N–H and O–H groups in total. The molecule has 5 unspecified atom stereocenters. The minimum atomic E-state index is 0.855. The minimum absolute atomic E-state index is 0.855. The molecule has 5 atom stereocenters. The molecule has 0 spiro atoms. The van der Waals surface area contributed by atoms with Gasteiger partial charge in [0.05, 0.1) is 0 Å². The van der Waals surface area contributed by atoms with E-state index in [-0.39, 0.29) is 0 Å². The predicted octanol–water partition coefficient (Wildman–Crippen LogP) is 4.02. The Bertz CT molecular complexity index is 230. The molecule has 0 saturated heterocycles. The van der Waals surface area contributed by atoms with Gasteiger partial charge in [0.25, 0.3) is 0 Å². The van der Waals surface area contributed by atoms with Crippen molar-refractivity contribution in [2.75, 3.05) is 0 Å². The predicted molar refractivity (Wildman–Crippen MR) is 60.0 cm³/mol. The number of allylic oxidation sites excluding steroid dienone is 1. The van der Waals surface area contributed by atoms with Gasteiger partial charge in [-0.2, -0.15) is 0 Å². The van der Waals surface area contributed by atoms with Crippen LogP contribution in [-0.4, -0.2) is 0 Å². The third-order valence-electron chi connectivity index (χ3n) is 5.25. The van der Waals surface area contributed by atoms with Crippen molar-refractivity contribution < 1.29 is 0 Å². The summed E-state index contributed by atoms with van der Waals surface area (Å²) in [5.74, 6) is 5.29. The largest absolute Gasteiger partial charge is 0.103 e. The summed E-state index contributed by atoms with van der Waals surface area (Å²) < 4.78 is 0. The minimum Gasteiger partial charge on any atom is -0.103 e. The van der Waals surface area contributed by atoms with Crippen molar-refractivity contribution in [1.82, 2.24) is 0 Å². The topological polar surface area (TPSA) is 0 Å². The van der Waals surface area contributed by atoms with Crippen LogP contribution in [0.5, 0.6) is 0 Å². The van der Waals surface area contributed by atoms with Crippen LogP contribution in [0.25, 0.3) is 0 Å². The smallest absolute Gasteiger partial charge is 0.0233 e. The Morgan fingerprint density at radius 1 is 0.857 bits per heavy atom. The lowest BCUT2D eigenvalue weighted by atomic mass is 9.63. The third kappa shape index (κ3) is 1.34. The summed E-state index contributed by atoms with van der Waals surface area (Å²) in [5.41, 5.74) is 0. The first-order valence-electron chi connectivity index (χ1n) is 6.49. The van der Waals surface area contributed by atoms with Gasteiger partial charge in [0.1, 0.15) is 0 Å². The van der Waals surface area contributed by atoms with Gasteiger partial charge in [0, 0.05) is 0 Å². The van der Waals surface area contributed by atoms with Crippen LogP contribution in [0.4, 0.5) is 0 Å². The van der Waals surface area contributed by atoms with E-state index in [4.69, 9.17) is 0 Å². The second-order valence-corrected chi connectivity index (χ2v) is 5.91. The molecule has 0 heteroatoms. The van der Waals surface area contributed by atoms with E-state index in [1.807, 2.05) is 0 Å². The van der Waals surface area contributed by atoms with Crippen molar-refractivity contribution in [2.45, 2.75) is 44.9 Å². The van der Waals surface area contributed by atoms with Crippen LogP contribution in [-0.2, 0) is 0 Å². The van der Waals surface area contributed by atoms with E-state index >= 15 is 0 Å². The quantitative estimate of drug-likeness (QED) is 0.548. The number of hydrogen-bond donors (Lipinski definition) is 0. The van der Waals surface area contributed by atoms with Crippen molar-refractivity contribution in [3.63, 3.8) is 0 Å². The Balaban J connectivity index is 1.75. The Kier molecular flexibility index (Phi) is 2.18. The lowest BCUT2D eigenvalue weighted by molar-refractivity contribution is 0.0892. The van der Waals surface area contributed by atoms with Crippen LogP contribution >= 0.6 is 0 Å². The van der Waals surface area contributed by atoms with Crippen LogP contribution < -0.4 is 0 Å². The number of rotatable bonds is 1. The fourth-order valence-corrected chi connectivity index (χ4v) is 4.53. The van der Waals surface area contributed by atoms with E-state index in [9.17, 15) is 0 Å². The molecule has 0 nitrogen and oxygen atoms in total. The fraction of sp³-hybridized carbons (Fsp3) is 0.857. The molecule has 2 bridgehead atoms. The molecule has 3 saturated carbocycles. The highest BCUT2D eigenvalue weighted by atomic mass is 14.5. The molecule has 0 amide bonds. The van der Waals surface area contributed by atoms with Crippen LogP contribution in [0, 0.1) is 29.6 Å². The fourth-order valence-electron chi connectivity index (χ4n) is 4.53. The van der Waals surface area contributed by atoms with Gasteiger partial charge in [-0.15, -0.1) is 6.58 Å². The standard InChI is InChI=1S/C14H22/c1-2-10-3-5-12-7-11-4-6-13(8-11)14(12)9-10/h2,10-14H,1,3-9H2. The zero-order valence-corrected chi connectivity index (χ0v) is 9.12. The van der Waals surface area contributed by atoms with Gasteiger partial charge in [-0.3, -0.25) is 0 Å². The Hall–Kier alpha value is -0.260. The van der Waals surface area contributed by atoms with E-state index in [0.29, 0.717) is 0 Å². The van der Waals surface area contributed by atoms with Crippen LogP contribution in [0.2, 0.25) is 0 Å². The molecule has 0 aromatic carbocycles. The molecule has 0 aromatic heterocycles. The second kappa shape index (κ2) is 3.40. The first-order chi connectivity index (χ1) is 6.86. The average Bonchev–Trinajstić information content (AvgIpc) is 2.61. The lowest BCUT2D eigenvalue weighted by Crippen LogP contribution is -2.33. The molecule has 0 aromatic rings. The zero-order chi connectivity index (χ0) is 9.54. The molecule has 3 rings (SSSR count). The van der Waals surface area contributed by atoms with Gasteiger partial charge in [0.15, 0.2) is 0 Å². The highest BCUT2D eigenvalue weighted by molar-refractivity contribution is 4.97. The molecule has 78 valence electrons. The maximum Gasteiger partial charge on any atom is -0.0233 e. The summed E-state index contributed by atoms with van der Waals surface area (Å²) in [7, 11) is 0. The summed E-state index contributed by atoms with van der Waals surface area (Å²) in [6.07, 6.45) is 12.9. The summed E-state index contributed by atoms with van der Waals surface area (Å²) >= 11 is 0. The van der Waals surface area contributed by atoms with Gasteiger partial charge >= 0.3 is 0 Å². The van der Waals surface area contributed by atoms with E-state index in [0.717, 1.165) is 29.6 Å². The summed E-state index contributed by atoms with van der Waals surface area (Å²) in [5, 5.41) is 0. The summed E-state index contributed by atoms with van der Waals surface area (Å²) in [6.45, 7) is 3.98.